The molecule has 3 aromatic heterocycles. The van der Waals surface area contributed by atoms with Crippen molar-refractivity contribution in [2.75, 3.05) is 26.8 Å². The number of rotatable bonds is 5. The monoisotopic (exact) mass is 439 g/mol. The summed E-state index contributed by atoms with van der Waals surface area (Å²) in [5, 5.41) is 5.21. The fraction of sp³-hybridized carbons (Fsp3) is 0.409. The maximum Gasteiger partial charge on any atom is 0.352 e. The fourth-order valence-electron chi connectivity index (χ4n) is 4.19. The zero-order valence-corrected chi connectivity index (χ0v) is 18.7. The third-order valence-corrected chi connectivity index (χ3v) is 7.15. The van der Waals surface area contributed by atoms with Gasteiger partial charge in [-0.2, -0.15) is 9.61 Å². The van der Waals surface area contributed by atoms with E-state index in [1.807, 2.05) is 28.8 Å². The number of benzene rings is 1. The number of thiophene rings is 1. The van der Waals surface area contributed by atoms with Crippen molar-refractivity contribution < 1.29 is 9.47 Å². The third kappa shape index (κ3) is 3.62. The lowest BCUT2D eigenvalue weighted by Crippen LogP contribution is -2.40. The summed E-state index contributed by atoms with van der Waals surface area (Å²) < 4.78 is 14.2. The van der Waals surface area contributed by atoms with Crippen molar-refractivity contribution in [1.82, 2.24) is 24.1 Å². The zero-order valence-electron chi connectivity index (χ0n) is 17.9. The predicted molar refractivity (Wildman–Crippen MR) is 120 cm³/mol. The molecule has 5 rings (SSSR count). The van der Waals surface area contributed by atoms with E-state index in [1.165, 1.54) is 21.3 Å². The van der Waals surface area contributed by atoms with E-state index in [0.29, 0.717) is 12.2 Å². The topological polar surface area (TPSA) is 73.9 Å². The Morgan fingerprint density at radius 3 is 2.81 bits per heavy atom. The predicted octanol–water partition coefficient (Wildman–Crippen LogP) is 2.69. The Balaban J connectivity index is 1.61. The molecule has 0 radical (unpaired) electrons. The Morgan fingerprint density at radius 2 is 2.06 bits per heavy atom. The fourth-order valence-corrected chi connectivity index (χ4v) is 5.53. The summed E-state index contributed by atoms with van der Waals surface area (Å²) in [5.41, 5.74) is 2.64. The number of aryl methyl sites for hydroxylation is 1. The molecule has 9 heteroatoms. The quantitative estimate of drug-likeness (QED) is 0.476. The highest BCUT2D eigenvalue weighted by Gasteiger charge is 2.23. The number of fused-ring (bicyclic) bond motifs is 3. The van der Waals surface area contributed by atoms with E-state index in [4.69, 9.17) is 9.47 Å². The summed E-state index contributed by atoms with van der Waals surface area (Å²) in [6.07, 6.45) is 1.69. The lowest BCUT2D eigenvalue weighted by Gasteiger charge is -2.30. The van der Waals surface area contributed by atoms with Gasteiger partial charge in [0.15, 0.2) is 5.65 Å². The highest BCUT2D eigenvalue weighted by Crippen LogP contribution is 2.33. The Labute approximate surface area is 183 Å². The summed E-state index contributed by atoms with van der Waals surface area (Å²) in [6.45, 7) is 8.11. The molecule has 31 heavy (non-hydrogen) atoms. The zero-order chi connectivity index (χ0) is 21.5. The molecule has 4 aromatic rings. The smallest absolute Gasteiger partial charge is 0.352 e. The molecule has 1 aromatic carbocycles. The molecule has 1 saturated heterocycles. The van der Waals surface area contributed by atoms with E-state index >= 15 is 0 Å². The van der Waals surface area contributed by atoms with E-state index in [9.17, 15) is 4.79 Å². The molecule has 8 nitrogen and oxygen atoms in total. The van der Waals surface area contributed by atoms with Crippen molar-refractivity contribution >= 4 is 27.2 Å². The minimum absolute atomic E-state index is 0.177. The van der Waals surface area contributed by atoms with Crippen LogP contribution in [-0.2, 0) is 17.8 Å². The molecule has 1 atom stereocenters. The van der Waals surface area contributed by atoms with Crippen LogP contribution in [0.2, 0.25) is 0 Å². The van der Waals surface area contributed by atoms with Crippen LogP contribution in [0.1, 0.15) is 22.9 Å². The summed E-state index contributed by atoms with van der Waals surface area (Å²) >= 11 is 1.68. The second-order valence-electron chi connectivity index (χ2n) is 7.96. The second-order valence-corrected chi connectivity index (χ2v) is 9.04. The van der Waals surface area contributed by atoms with Crippen molar-refractivity contribution in [3.8, 4) is 5.75 Å². The van der Waals surface area contributed by atoms with Crippen LogP contribution in [0.15, 0.2) is 35.4 Å². The Bertz CT molecular complexity index is 1290. The lowest BCUT2D eigenvalue weighted by molar-refractivity contribution is -0.0209. The molecule has 162 valence electrons. The molecular weight excluding hydrogens is 414 g/mol. The molecule has 1 aliphatic heterocycles. The Kier molecular flexibility index (Phi) is 5.25. The van der Waals surface area contributed by atoms with Crippen LogP contribution in [0.3, 0.4) is 0 Å². The van der Waals surface area contributed by atoms with Gasteiger partial charge in [-0.05, 0) is 37.1 Å². The SMILES string of the molecule is COc1ccc(Cn2c(=O)n3ncnc3c3c(C)c(CN4CCOC(C)C4)sc32)cc1. The van der Waals surface area contributed by atoms with Crippen molar-refractivity contribution in [1.29, 1.82) is 0 Å². The highest BCUT2D eigenvalue weighted by molar-refractivity contribution is 7.19. The Morgan fingerprint density at radius 1 is 1.26 bits per heavy atom. The molecule has 0 N–H and O–H groups in total. The summed E-state index contributed by atoms with van der Waals surface area (Å²) in [6, 6.07) is 7.80. The number of nitrogens with zero attached hydrogens (tertiary/aromatic N) is 5. The van der Waals surface area contributed by atoms with E-state index < -0.39 is 0 Å². The highest BCUT2D eigenvalue weighted by atomic mass is 32.1. The van der Waals surface area contributed by atoms with Crippen molar-refractivity contribution in [3.05, 3.63) is 57.1 Å². The molecule has 0 aliphatic carbocycles. The molecular formula is C22H25N5O3S. The van der Waals surface area contributed by atoms with Gasteiger partial charge in [0.05, 0.1) is 31.8 Å². The summed E-state index contributed by atoms with van der Waals surface area (Å²) in [7, 11) is 1.65. The number of morpholine rings is 1. The van der Waals surface area contributed by atoms with Gasteiger partial charge in [-0.1, -0.05) is 12.1 Å². The van der Waals surface area contributed by atoms with Crippen LogP contribution < -0.4 is 10.4 Å². The van der Waals surface area contributed by atoms with Crippen molar-refractivity contribution in [2.24, 2.45) is 0 Å². The first kappa shape index (κ1) is 20.2. The van der Waals surface area contributed by atoms with Gasteiger partial charge < -0.3 is 9.47 Å². The minimum Gasteiger partial charge on any atom is -0.497 e. The van der Waals surface area contributed by atoms with E-state index in [2.05, 4.69) is 28.8 Å². The first-order valence-corrected chi connectivity index (χ1v) is 11.2. The number of aromatic nitrogens is 4. The van der Waals surface area contributed by atoms with Gasteiger partial charge in [-0.25, -0.2) is 9.78 Å². The molecule has 0 amide bonds. The molecule has 0 spiro atoms. The molecule has 0 bridgehead atoms. The molecule has 4 heterocycles. The number of hydrogen-bond donors (Lipinski definition) is 0. The second kappa shape index (κ2) is 8.07. The molecule has 1 unspecified atom stereocenters. The van der Waals surface area contributed by atoms with Gasteiger partial charge in [-0.3, -0.25) is 9.47 Å². The van der Waals surface area contributed by atoms with Crippen LogP contribution in [0.5, 0.6) is 5.75 Å². The van der Waals surface area contributed by atoms with Gasteiger partial charge in [0.1, 0.15) is 16.9 Å². The maximum atomic E-state index is 13.3. The normalized spacial score (nSPS) is 17.6. The van der Waals surface area contributed by atoms with Crippen molar-refractivity contribution in [3.63, 3.8) is 0 Å². The van der Waals surface area contributed by atoms with Gasteiger partial charge in [0.2, 0.25) is 0 Å². The Hall–Kier alpha value is -2.75. The number of ether oxygens (including phenoxy) is 2. The largest absolute Gasteiger partial charge is 0.497 e. The van der Waals surface area contributed by atoms with Crippen LogP contribution in [-0.4, -0.2) is 57.0 Å². The van der Waals surface area contributed by atoms with Crippen LogP contribution in [0.25, 0.3) is 15.9 Å². The van der Waals surface area contributed by atoms with E-state index in [-0.39, 0.29) is 11.8 Å². The van der Waals surface area contributed by atoms with Crippen molar-refractivity contribution in [2.45, 2.75) is 33.0 Å². The van der Waals surface area contributed by atoms with Crippen LogP contribution in [0, 0.1) is 6.92 Å². The molecule has 1 aliphatic rings. The summed E-state index contributed by atoms with van der Waals surface area (Å²) in [5.74, 6) is 0.793. The summed E-state index contributed by atoms with van der Waals surface area (Å²) in [4.78, 5) is 22.3. The van der Waals surface area contributed by atoms with Gasteiger partial charge >= 0.3 is 5.69 Å². The lowest BCUT2D eigenvalue weighted by atomic mass is 10.2. The van der Waals surface area contributed by atoms with Crippen LogP contribution >= 0.6 is 11.3 Å². The van der Waals surface area contributed by atoms with Crippen LogP contribution in [0.4, 0.5) is 0 Å². The first-order chi connectivity index (χ1) is 15.0. The maximum absolute atomic E-state index is 13.3. The number of hydrogen-bond acceptors (Lipinski definition) is 7. The molecule has 0 saturated carbocycles. The average molecular weight is 440 g/mol. The van der Waals surface area contributed by atoms with Gasteiger partial charge in [0, 0.05) is 24.5 Å². The minimum atomic E-state index is -0.177. The van der Waals surface area contributed by atoms with Gasteiger partial charge in [0.25, 0.3) is 0 Å². The van der Waals surface area contributed by atoms with Gasteiger partial charge in [-0.15, -0.1) is 11.3 Å². The molecule has 1 fully saturated rings. The van der Waals surface area contributed by atoms with E-state index in [1.54, 1.807) is 18.4 Å². The first-order valence-electron chi connectivity index (χ1n) is 10.4. The number of methoxy groups -OCH3 is 1. The van der Waals surface area contributed by atoms with E-state index in [0.717, 1.165) is 47.8 Å². The standard InChI is InChI=1S/C22H25N5O3S/c1-14-10-25(8-9-30-14)12-18-15(2)19-20-23-13-24-27(20)22(28)26(21(19)31-18)11-16-4-6-17(29-3)7-5-16/h4-7,13-14H,8-12H2,1-3H3. The average Bonchev–Trinajstić information content (AvgIpc) is 3.37. The third-order valence-electron chi connectivity index (χ3n) is 5.85.